The minimum absolute atomic E-state index is 0.00134. The number of aliphatic imine (C=N–C) groups is 6. The Morgan fingerprint density at radius 2 is 0.630 bits per heavy atom. The number of nitrogens with zero attached hydrogens (tertiary/aromatic N) is 6. The third-order valence-electron chi connectivity index (χ3n) is 10.3. The lowest BCUT2D eigenvalue weighted by molar-refractivity contribution is 0.240. The Hall–Kier alpha value is -8.28. The number of benzene rings is 4. The van der Waals surface area contributed by atoms with Gasteiger partial charge in [0, 0.05) is 98.0 Å². The summed E-state index contributed by atoms with van der Waals surface area (Å²) in [5.74, 6) is 3.30. The van der Waals surface area contributed by atoms with E-state index in [4.69, 9.17) is 91.5 Å². The van der Waals surface area contributed by atoms with Crippen molar-refractivity contribution in [3.63, 3.8) is 0 Å². The molecular formula is C49H71N17O6S. The van der Waals surface area contributed by atoms with E-state index in [0.29, 0.717) is 138 Å². The first kappa shape index (κ1) is 55.6. The predicted molar refractivity (Wildman–Crippen MR) is 296 cm³/mol. The Kier molecular flexibility index (Phi) is 22.2. The van der Waals surface area contributed by atoms with Crippen molar-refractivity contribution in [2.45, 2.75) is 45.4 Å². The number of hydrogen-bond acceptors (Lipinski definition) is 13. The lowest BCUT2D eigenvalue weighted by Crippen LogP contribution is -2.23. The van der Waals surface area contributed by atoms with Crippen LogP contribution in [0.3, 0.4) is 0 Å². The van der Waals surface area contributed by atoms with Crippen molar-refractivity contribution >= 4 is 67.1 Å². The van der Waals surface area contributed by atoms with E-state index in [1.165, 1.54) is 0 Å². The second kappa shape index (κ2) is 29.2. The fourth-order valence-electron chi connectivity index (χ4n) is 7.10. The standard InChI is InChI=1S/C49H71N17O6S/c1-30(50)61-12-2-18-67-37-26-33(27-38(68-19-3-13-62-45(51)52)43(37)71-22-6-16-65-48(57)58)31-8-10-41-35(24-31)36-25-32(9-11-42(36)73-41)34-28-39(69-20-4-14-63-46(53)54)44(72-23-7-17-66-49(59)60)40(29-34)70-21-5-15-64-47(55)56/h8-11,24-29H,2-7,12-23H2,1H3,(H2,50,61)(H4,51,52,62)(H4,53,54,63)(H4,55,56,64)(H4,57,58,65)(H4,59,60,66). The predicted octanol–water partition coefficient (Wildman–Crippen LogP) is 2.75. The SMILES string of the molecule is CC(N)=NCCCOc1cc(-c2ccc3sc4ccc(-c5cc(OCCCN=C(N)N)c(OCCCN=C(N)N)c(OCCCN=C(N)N)c5)cc4c3c2)cc(OCCCN=C(N)N)c1OCCCN=C(N)N. The van der Waals surface area contributed by atoms with Crippen molar-refractivity contribution < 1.29 is 28.4 Å². The summed E-state index contributed by atoms with van der Waals surface area (Å²) in [4.78, 5) is 24.8. The summed E-state index contributed by atoms with van der Waals surface area (Å²) in [5.41, 5.74) is 65.0. The van der Waals surface area contributed by atoms with Gasteiger partial charge in [0.25, 0.3) is 0 Å². The quantitative estimate of drug-likeness (QED) is 0.0168. The molecule has 0 spiro atoms. The number of rotatable bonds is 32. The number of ether oxygens (including phenoxy) is 6. The van der Waals surface area contributed by atoms with E-state index in [9.17, 15) is 0 Å². The van der Waals surface area contributed by atoms with Crippen molar-refractivity contribution in [2.75, 3.05) is 78.9 Å². The number of amidine groups is 1. The number of guanidine groups is 5. The van der Waals surface area contributed by atoms with Crippen LogP contribution in [-0.4, -0.2) is 115 Å². The van der Waals surface area contributed by atoms with Gasteiger partial charge in [-0.05, 0) is 77.7 Å². The van der Waals surface area contributed by atoms with E-state index in [2.05, 4.69) is 66.4 Å². The summed E-state index contributed by atoms with van der Waals surface area (Å²) in [5, 5.41) is 2.09. The van der Waals surface area contributed by atoms with Crippen molar-refractivity contribution in [3.8, 4) is 56.8 Å². The van der Waals surface area contributed by atoms with Crippen molar-refractivity contribution in [1.29, 1.82) is 0 Å². The molecule has 394 valence electrons. The molecule has 0 saturated carbocycles. The summed E-state index contributed by atoms with van der Waals surface area (Å²) < 4.78 is 40.5. The molecule has 0 bridgehead atoms. The number of nitrogens with two attached hydrogens (primary N) is 11. The average molecular weight is 1030 g/mol. The molecule has 0 aliphatic carbocycles. The zero-order valence-corrected chi connectivity index (χ0v) is 42.2. The first-order chi connectivity index (χ1) is 35.2. The molecule has 0 amide bonds. The maximum absolute atomic E-state index is 6.43. The Morgan fingerprint density at radius 1 is 0.356 bits per heavy atom. The van der Waals surface area contributed by atoms with E-state index in [0.717, 1.165) is 42.4 Å². The highest BCUT2D eigenvalue weighted by molar-refractivity contribution is 7.25. The first-order valence-corrected chi connectivity index (χ1v) is 24.6. The van der Waals surface area contributed by atoms with Gasteiger partial charge < -0.3 is 91.5 Å². The number of hydrogen-bond donors (Lipinski definition) is 11. The van der Waals surface area contributed by atoms with Crippen LogP contribution in [-0.2, 0) is 0 Å². The molecule has 4 aromatic carbocycles. The zero-order chi connectivity index (χ0) is 52.5. The van der Waals surface area contributed by atoms with Gasteiger partial charge in [-0.15, -0.1) is 11.3 Å². The number of fused-ring (bicyclic) bond motifs is 3. The van der Waals surface area contributed by atoms with Crippen LogP contribution in [0.15, 0.2) is 90.6 Å². The van der Waals surface area contributed by atoms with E-state index in [1.54, 1.807) is 18.3 Å². The molecule has 23 nitrogen and oxygen atoms in total. The highest BCUT2D eigenvalue weighted by atomic mass is 32.1. The lowest BCUT2D eigenvalue weighted by atomic mass is 9.99. The second-order valence-electron chi connectivity index (χ2n) is 16.4. The van der Waals surface area contributed by atoms with Crippen molar-refractivity contribution in [2.24, 2.45) is 93.0 Å². The summed E-state index contributed by atoms with van der Waals surface area (Å²) in [6.07, 6.45) is 3.31. The van der Waals surface area contributed by atoms with Crippen LogP contribution in [0.5, 0.6) is 34.5 Å². The average Bonchev–Trinajstić information content (AvgIpc) is 3.71. The third-order valence-corrected chi connectivity index (χ3v) is 11.5. The maximum Gasteiger partial charge on any atom is 0.203 e. The minimum Gasteiger partial charge on any atom is -0.489 e. The first-order valence-electron chi connectivity index (χ1n) is 23.8. The molecule has 0 aliphatic heterocycles. The van der Waals surface area contributed by atoms with E-state index in [-0.39, 0.29) is 49.6 Å². The van der Waals surface area contributed by atoms with Gasteiger partial charge in [-0.1, -0.05) is 12.1 Å². The third kappa shape index (κ3) is 18.8. The van der Waals surface area contributed by atoms with Gasteiger partial charge in [0.1, 0.15) is 0 Å². The van der Waals surface area contributed by atoms with Gasteiger partial charge in [0.2, 0.25) is 11.5 Å². The largest absolute Gasteiger partial charge is 0.489 e. The highest BCUT2D eigenvalue weighted by Gasteiger charge is 2.20. The number of thiophene rings is 1. The highest BCUT2D eigenvalue weighted by Crippen LogP contribution is 2.46. The van der Waals surface area contributed by atoms with Crippen LogP contribution in [0.4, 0.5) is 0 Å². The minimum atomic E-state index is 0.00134. The van der Waals surface area contributed by atoms with Crippen LogP contribution in [0.25, 0.3) is 42.4 Å². The van der Waals surface area contributed by atoms with Crippen LogP contribution in [0.1, 0.15) is 45.4 Å². The molecule has 0 aliphatic rings. The van der Waals surface area contributed by atoms with Crippen LogP contribution >= 0.6 is 11.3 Å². The van der Waals surface area contributed by atoms with E-state index in [1.807, 2.05) is 24.3 Å². The van der Waals surface area contributed by atoms with Gasteiger partial charge >= 0.3 is 0 Å². The Morgan fingerprint density at radius 3 is 0.904 bits per heavy atom. The van der Waals surface area contributed by atoms with Crippen LogP contribution < -0.4 is 91.5 Å². The molecule has 24 heteroatoms. The van der Waals surface area contributed by atoms with Gasteiger partial charge in [-0.2, -0.15) is 0 Å². The molecule has 0 saturated heterocycles. The van der Waals surface area contributed by atoms with Crippen molar-refractivity contribution in [3.05, 3.63) is 60.7 Å². The fourth-order valence-corrected chi connectivity index (χ4v) is 8.16. The maximum atomic E-state index is 6.43. The lowest BCUT2D eigenvalue weighted by Gasteiger charge is -2.19. The molecule has 0 unspecified atom stereocenters. The monoisotopic (exact) mass is 1030 g/mol. The molecular weight excluding hydrogens is 955 g/mol. The summed E-state index contributed by atoms with van der Waals surface area (Å²) in [6, 6.07) is 20.5. The molecule has 22 N–H and O–H groups in total. The van der Waals surface area contributed by atoms with Gasteiger partial charge in [0.05, 0.1) is 45.5 Å². The normalized spacial score (nSPS) is 11.1. The molecule has 1 heterocycles. The molecule has 1 aromatic heterocycles. The molecule has 0 atom stereocenters. The van der Waals surface area contributed by atoms with Crippen LogP contribution in [0.2, 0.25) is 0 Å². The Balaban J connectivity index is 1.58. The zero-order valence-electron chi connectivity index (χ0n) is 41.4. The molecule has 0 radical (unpaired) electrons. The smallest absolute Gasteiger partial charge is 0.203 e. The summed E-state index contributed by atoms with van der Waals surface area (Å²) in [6.45, 7) is 5.93. The topological polar surface area (TPSA) is 416 Å². The van der Waals surface area contributed by atoms with Gasteiger partial charge in [-0.3, -0.25) is 30.0 Å². The summed E-state index contributed by atoms with van der Waals surface area (Å²) >= 11 is 1.69. The van der Waals surface area contributed by atoms with Crippen LogP contribution in [0, 0.1) is 0 Å². The fraction of sp³-hybridized carbons (Fsp3) is 0.388. The second-order valence-corrected chi connectivity index (χ2v) is 17.5. The molecule has 5 rings (SSSR count). The van der Waals surface area contributed by atoms with E-state index >= 15 is 0 Å². The Bertz CT molecular complexity index is 2470. The molecule has 73 heavy (non-hydrogen) atoms. The van der Waals surface area contributed by atoms with Gasteiger partial charge in [0.15, 0.2) is 52.8 Å². The summed E-state index contributed by atoms with van der Waals surface area (Å²) in [7, 11) is 0. The molecule has 0 fully saturated rings. The van der Waals surface area contributed by atoms with Crippen molar-refractivity contribution in [1.82, 2.24) is 0 Å². The van der Waals surface area contributed by atoms with E-state index < -0.39 is 0 Å². The Labute approximate surface area is 428 Å². The van der Waals surface area contributed by atoms with Gasteiger partial charge in [-0.25, -0.2) is 0 Å². The molecule has 5 aromatic rings.